The molecule has 0 aliphatic carbocycles. The first-order valence-corrected chi connectivity index (χ1v) is 11.6. The molecular formula is C24H21BrN2O4S. The fraction of sp³-hybridized carbons (Fsp3) is 0.208. The van der Waals surface area contributed by atoms with Gasteiger partial charge < -0.3 is 9.47 Å². The third-order valence-corrected chi connectivity index (χ3v) is 6.71. The van der Waals surface area contributed by atoms with Crippen LogP contribution in [0.15, 0.2) is 74.1 Å². The monoisotopic (exact) mass is 512 g/mol. The Kier molecular flexibility index (Phi) is 6.43. The van der Waals surface area contributed by atoms with Gasteiger partial charge in [-0.3, -0.25) is 9.36 Å². The van der Waals surface area contributed by atoms with Gasteiger partial charge in [-0.05, 0) is 59.1 Å². The molecule has 0 N–H and O–H groups in total. The van der Waals surface area contributed by atoms with E-state index in [4.69, 9.17) is 9.47 Å². The Hall–Kier alpha value is -2.97. The van der Waals surface area contributed by atoms with Gasteiger partial charge in [0.05, 0.1) is 40.0 Å². The van der Waals surface area contributed by atoms with Gasteiger partial charge in [0.1, 0.15) is 5.75 Å². The first-order valence-electron chi connectivity index (χ1n) is 10.0. The molecule has 6 nitrogen and oxygen atoms in total. The Bertz CT molecular complexity index is 1390. The summed E-state index contributed by atoms with van der Waals surface area (Å²) >= 11 is 4.82. The number of rotatable bonds is 5. The van der Waals surface area contributed by atoms with Gasteiger partial charge in [0.25, 0.3) is 5.56 Å². The van der Waals surface area contributed by atoms with Crippen LogP contribution in [0.3, 0.4) is 0 Å². The van der Waals surface area contributed by atoms with Gasteiger partial charge in [-0.1, -0.05) is 47.7 Å². The molecule has 0 amide bonds. The number of methoxy groups -OCH3 is 1. The minimum atomic E-state index is -0.662. The highest BCUT2D eigenvalue weighted by Gasteiger charge is 2.33. The second kappa shape index (κ2) is 9.26. The molecule has 1 atom stereocenters. The molecule has 0 spiro atoms. The maximum atomic E-state index is 13.5. The van der Waals surface area contributed by atoms with Crippen molar-refractivity contribution in [1.29, 1.82) is 0 Å². The fourth-order valence-corrected chi connectivity index (χ4v) is 5.27. The van der Waals surface area contributed by atoms with E-state index in [-0.39, 0.29) is 12.2 Å². The summed E-state index contributed by atoms with van der Waals surface area (Å²) in [6, 6.07) is 14.5. The first kappa shape index (κ1) is 22.2. The molecule has 8 heteroatoms. The number of halogens is 1. The molecule has 0 saturated heterocycles. The second-order valence-corrected chi connectivity index (χ2v) is 8.97. The van der Waals surface area contributed by atoms with Gasteiger partial charge in [0.15, 0.2) is 4.80 Å². The summed E-state index contributed by atoms with van der Waals surface area (Å²) in [5.74, 6) is 0.173. The number of esters is 1. The van der Waals surface area contributed by atoms with Crippen molar-refractivity contribution in [2.75, 3.05) is 13.7 Å². The van der Waals surface area contributed by atoms with Gasteiger partial charge in [0.2, 0.25) is 0 Å². The highest BCUT2D eigenvalue weighted by molar-refractivity contribution is 9.10. The number of hydrogen-bond donors (Lipinski definition) is 0. The topological polar surface area (TPSA) is 69.9 Å². The molecule has 1 aliphatic heterocycles. The lowest BCUT2D eigenvalue weighted by atomic mass is 9.96. The molecule has 1 aromatic heterocycles. The molecule has 2 heterocycles. The Morgan fingerprint density at radius 2 is 2.00 bits per heavy atom. The number of fused-ring (bicyclic) bond motifs is 1. The van der Waals surface area contributed by atoms with Crippen LogP contribution < -0.4 is 19.6 Å². The second-order valence-electron chi connectivity index (χ2n) is 7.11. The third-order valence-electron chi connectivity index (χ3n) is 5.11. The number of thiazole rings is 1. The number of ether oxygens (including phenoxy) is 2. The van der Waals surface area contributed by atoms with E-state index in [0.717, 1.165) is 15.6 Å². The SMILES string of the molecule is CCOC(=O)C1=C(C)N=c2s/c(=C/c3ccccc3)c(=O)n2[C@H]1c1ccc(OC)c(Br)c1. The molecule has 0 saturated carbocycles. The van der Waals surface area contributed by atoms with E-state index in [2.05, 4.69) is 20.9 Å². The van der Waals surface area contributed by atoms with Gasteiger partial charge >= 0.3 is 5.97 Å². The highest BCUT2D eigenvalue weighted by atomic mass is 79.9. The number of aromatic nitrogens is 1. The van der Waals surface area contributed by atoms with Crippen molar-refractivity contribution in [3.05, 3.63) is 95.1 Å². The first-order chi connectivity index (χ1) is 15.4. The number of allylic oxidation sites excluding steroid dienone is 1. The van der Waals surface area contributed by atoms with Gasteiger partial charge in [-0.15, -0.1) is 0 Å². The summed E-state index contributed by atoms with van der Waals surface area (Å²) < 4.78 is 13.5. The van der Waals surface area contributed by atoms with E-state index in [0.29, 0.717) is 26.4 Å². The van der Waals surface area contributed by atoms with Crippen LogP contribution in [0.5, 0.6) is 5.75 Å². The van der Waals surface area contributed by atoms with E-state index >= 15 is 0 Å². The molecule has 2 aromatic carbocycles. The summed E-state index contributed by atoms with van der Waals surface area (Å²) in [5, 5.41) is 0. The third kappa shape index (κ3) is 4.08. The van der Waals surface area contributed by atoms with Crippen molar-refractivity contribution in [3.8, 4) is 5.75 Å². The van der Waals surface area contributed by atoms with E-state index in [1.54, 1.807) is 31.6 Å². The van der Waals surface area contributed by atoms with Crippen molar-refractivity contribution in [2.45, 2.75) is 19.9 Å². The molecule has 32 heavy (non-hydrogen) atoms. The molecule has 1 aliphatic rings. The van der Waals surface area contributed by atoms with Crippen LogP contribution in [0.1, 0.15) is 31.0 Å². The average Bonchev–Trinajstić information content (AvgIpc) is 3.08. The number of benzene rings is 2. The van der Waals surface area contributed by atoms with Gasteiger partial charge in [-0.2, -0.15) is 0 Å². The zero-order valence-electron chi connectivity index (χ0n) is 17.8. The normalized spacial score (nSPS) is 15.9. The molecular weight excluding hydrogens is 492 g/mol. The molecule has 0 unspecified atom stereocenters. The van der Waals surface area contributed by atoms with E-state index < -0.39 is 12.0 Å². The van der Waals surface area contributed by atoms with Gasteiger partial charge in [0, 0.05) is 0 Å². The smallest absolute Gasteiger partial charge is 0.338 e. The van der Waals surface area contributed by atoms with Crippen molar-refractivity contribution in [2.24, 2.45) is 4.99 Å². The Labute approximate surface area is 197 Å². The number of hydrogen-bond acceptors (Lipinski definition) is 6. The van der Waals surface area contributed by atoms with Crippen LogP contribution in [0.4, 0.5) is 0 Å². The molecule has 0 fully saturated rings. The van der Waals surface area contributed by atoms with Crippen molar-refractivity contribution in [3.63, 3.8) is 0 Å². The van der Waals surface area contributed by atoms with Crippen molar-refractivity contribution < 1.29 is 14.3 Å². The van der Waals surface area contributed by atoms with Crippen LogP contribution >= 0.6 is 27.3 Å². The van der Waals surface area contributed by atoms with Crippen LogP contribution in [-0.2, 0) is 9.53 Å². The Morgan fingerprint density at radius 1 is 1.25 bits per heavy atom. The summed E-state index contributed by atoms with van der Waals surface area (Å²) in [4.78, 5) is 31.6. The molecule has 164 valence electrons. The Morgan fingerprint density at radius 3 is 2.66 bits per heavy atom. The summed E-state index contributed by atoms with van der Waals surface area (Å²) in [6.07, 6.45) is 1.84. The van der Waals surface area contributed by atoms with Crippen LogP contribution in [-0.4, -0.2) is 24.3 Å². The maximum absolute atomic E-state index is 13.5. The Balaban J connectivity index is 1.97. The number of carbonyl (C=O) groups is 1. The highest BCUT2D eigenvalue weighted by Crippen LogP contribution is 2.34. The zero-order chi connectivity index (χ0) is 22.8. The molecule has 3 aromatic rings. The van der Waals surface area contributed by atoms with Crippen molar-refractivity contribution in [1.82, 2.24) is 4.57 Å². The zero-order valence-corrected chi connectivity index (χ0v) is 20.2. The summed E-state index contributed by atoms with van der Waals surface area (Å²) in [7, 11) is 1.58. The number of nitrogens with zero attached hydrogens (tertiary/aromatic N) is 2. The molecule has 0 radical (unpaired) electrons. The largest absolute Gasteiger partial charge is 0.496 e. The standard InChI is InChI=1S/C24H21BrN2O4S/c1-4-31-23(29)20-14(2)26-24-27(21(20)16-10-11-18(30-3)17(25)13-16)22(28)19(32-24)12-15-8-6-5-7-9-15/h5-13,21H,4H2,1-3H3/b19-12+/t21-/m0/s1. The van der Waals surface area contributed by atoms with Crippen molar-refractivity contribution >= 4 is 39.3 Å². The number of carbonyl (C=O) groups excluding carboxylic acids is 1. The van der Waals surface area contributed by atoms with Crippen LogP contribution in [0, 0.1) is 0 Å². The minimum Gasteiger partial charge on any atom is -0.496 e. The van der Waals surface area contributed by atoms with Gasteiger partial charge in [-0.25, -0.2) is 9.79 Å². The lowest BCUT2D eigenvalue weighted by Crippen LogP contribution is -2.39. The summed E-state index contributed by atoms with van der Waals surface area (Å²) in [5.41, 5.74) is 2.35. The van der Waals surface area contributed by atoms with Crippen LogP contribution in [0.2, 0.25) is 0 Å². The molecule has 0 bridgehead atoms. The fourth-order valence-electron chi connectivity index (χ4n) is 3.66. The lowest BCUT2D eigenvalue weighted by Gasteiger charge is -2.25. The van der Waals surface area contributed by atoms with E-state index in [9.17, 15) is 9.59 Å². The average molecular weight is 513 g/mol. The quantitative estimate of drug-likeness (QED) is 0.490. The summed E-state index contributed by atoms with van der Waals surface area (Å²) in [6.45, 7) is 3.75. The molecule has 4 rings (SSSR count). The predicted octanol–water partition coefficient (Wildman–Crippen LogP) is 3.57. The van der Waals surface area contributed by atoms with E-state index in [1.165, 1.54) is 11.3 Å². The maximum Gasteiger partial charge on any atom is 0.338 e. The van der Waals surface area contributed by atoms with E-state index in [1.807, 2.05) is 48.5 Å². The lowest BCUT2D eigenvalue weighted by molar-refractivity contribution is -0.139. The van der Waals surface area contributed by atoms with Crippen LogP contribution in [0.25, 0.3) is 6.08 Å². The predicted molar refractivity (Wildman–Crippen MR) is 128 cm³/mol. The minimum absolute atomic E-state index is 0.205.